The highest BCUT2D eigenvalue weighted by molar-refractivity contribution is 5.48. The fourth-order valence-electron chi connectivity index (χ4n) is 3.04. The molecule has 116 valence electrons. The van der Waals surface area contributed by atoms with Crippen molar-refractivity contribution in [1.29, 1.82) is 0 Å². The maximum absolute atomic E-state index is 10.3. The first kappa shape index (κ1) is 15.1. The minimum atomic E-state index is -0.397. The molecule has 1 aliphatic rings. The van der Waals surface area contributed by atoms with Crippen molar-refractivity contribution in [3.8, 4) is 0 Å². The van der Waals surface area contributed by atoms with E-state index in [4.69, 9.17) is 0 Å². The van der Waals surface area contributed by atoms with Crippen LogP contribution in [0.4, 0.5) is 5.69 Å². The molecule has 0 bridgehead atoms. The molecular formula is C19H24N2O. The summed E-state index contributed by atoms with van der Waals surface area (Å²) >= 11 is 0. The Morgan fingerprint density at radius 3 is 2.36 bits per heavy atom. The van der Waals surface area contributed by atoms with Crippen molar-refractivity contribution in [1.82, 2.24) is 4.90 Å². The van der Waals surface area contributed by atoms with Crippen LogP contribution in [0.5, 0.6) is 0 Å². The van der Waals surface area contributed by atoms with Gasteiger partial charge >= 0.3 is 0 Å². The van der Waals surface area contributed by atoms with Crippen LogP contribution in [0.25, 0.3) is 0 Å². The molecule has 2 aromatic carbocycles. The Morgan fingerprint density at radius 2 is 1.68 bits per heavy atom. The molecule has 0 radical (unpaired) electrons. The molecule has 1 heterocycles. The minimum Gasteiger partial charge on any atom is -0.387 e. The van der Waals surface area contributed by atoms with Crippen molar-refractivity contribution in [2.45, 2.75) is 13.0 Å². The van der Waals surface area contributed by atoms with Crippen molar-refractivity contribution in [3.63, 3.8) is 0 Å². The third kappa shape index (κ3) is 3.67. The Labute approximate surface area is 132 Å². The number of aliphatic hydroxyl groups excluding tert-OH is 1. The van der Waals surface area contributed by atoms with E-state index in [1.807, 2.05) is 30.3 Å². The smallest absolute Gasteiger partial charge is 0.0916 e. The summed E-state index contributed by atoms with van der Waals surface area (Å²) in [7, 11) is 0. The second kappa shape index (κ2) is 6.95. The zero-order chi connectivity index (χ0) is 15.4. The quantitative estimate of drug-likeness (QED) is 0.940. The van der Waals surface area contributed by atoms with Gasteiger partial charge in [-0.05, 0) is 30.2 Å². The Hall–Kier alpha value is -1.84. The fourth-order valence-corrected chi connectivity index (χ4v) is 3.04. The summed E-state index contributed by atoms with van der Waals surface area (Å²) in [5.41, 5.74) is 3.62. The van der Waals surface area contributed by atoms with Gasteiger partial charge in [0.2, 0.25) is 0 Å². The van der Waals surface area contributed by atoms with Gasteiger partial charge in [-0.3, -0.25) is 4.90 Å². The Morgan fingerprint density at radius 1 is 0.955 bits per heavy atom. The molecule has 1 saturated heterocycles. The lowest BCUT2D eigenvalue weighted by atomic mass is 10.1. The lowest BCUT2D eigenvalue weighted by molar-refractivity contribution is 0.109. The van der Waals surface area contributed by atoms with E-state index >= 15 is 0 Å². The van der Waals surface area contributed by atoms with E-state index in [9.17, 15) is 5.11 Å². The van der Waals surface area contributed by atoms with Gasteiger partial charge in [0.15, 0.2) is 0 Å². The molecule has 0 aliphatic carbocycles. The van der Waals surface area contributed by atoms with Gasteiger partial charge in [-0.25, -0.2) is 0 Å². The van der Waals surface area contributed by atoms with Crippen LogP contribution in [0.3, 0.4) is 0 Å². The first-order valence-electron chi connectivity index (χ1n) is 7.99. The predicted molar refractivity (Wildman–Crippen MR) is 91.2 cm³/mol. The highest BCUT2D eigenvalue weighted by Gasteiger charge is 2.20. The highest BCUT2D eigenvalue weighted by atomic mass is 16.3. The molecule has 0 amide bonds. The van der Waals surface area contributed by atoms with E-state index in [1.165, 1.54) is 11.3 Å². The molecule has 0 saturated carbocycles. The summed E-state index contributed by atoms with van der Waals surface area (Å²) in [5.74, 6) is 0. The number of aliphatic hydroxyl groups is 1. The van der Waals surface area contributed by atoms with E-state index in [0.29, 0.717) is 6.54 Å². The summed E-state index contributed by atoms with van der Waals surface area (Å²) < 4.78 is 0. The monoisotopic (exact) mass is 296 g/mol. The molecule has 0 unspecified atom stereocenters. The molecule has 0 aromatic heterocycles. The number of piperazine rings is 1. The van der Waals surface area contributed by atoms with Gasteiger partial charge in [0, 0.05) is 38.4 Å². The predicted octanol–water partition coefficient (Wildman–Crippen LogP) is 2.85. The average Bonchev–Trinajstić information content (AvgIpc) is 2.56. The fraction of sp³-hybridized carbons (Fsp3) is 0.368. The van der Waals surface area contributed by atoms with E-state index in [1.54, 1.807) is 0 Å². The number of hydrogen-bond donors (Lipinski definition) is 1. The van der Waals surface area contributed by atoms with Crippen LogP contribution >= 0.6 is 0 Å². The molecule has 1 N–H and O–H groups in total. The van der Waals surface area contributed by atoms with E-state index in [-0.39, 0.29) is 0 Å². The standard InChI is InChI=1S/C19H24N2O/c1-16-6-5-9-18(14-16)21-12-10-20(11-13-21)15-19(22)17-7-3-2-4-8-17/h2-9,14,19,22H,10-13,15H2,1H3/t19-/m0/s1. The molecule has 1 aliphatic heterocycles. The zero-order valence-corrected chi connectivity index (χ0v) is 13.2. The number of β-amino-alcohol motifs (C(OH)–C–C–N with tert-alkyl or cyclic N) is 1. The van der Waals surface area contributed by atoms with Crippen LogP contribution in [0.2, 0.25) is 0 Å². The van der Waals surface area contributed by atoms with Crippen LogP contribution in [0, 0.1) is 6.92 Å². The number of rotatable bonds is 4. The second-order valence-electron chi connectivity index (χ2n) is 6.05. The van der Waals surface area contributed by atoms with Crippen LogP contribution in [-0.2, 0) is 0 Å². The van der Waals surface area contributed by atoms with Crippen molar-refractivity contribution in [2.24, 2.45) is 0 Å². The van der Waals surface area contributed by atoms with Crippen LogP contribution in [0.15, 0.2) is 54.6 Å². The van der Waals surface area contributed by atoms with Crippen LogP contribution in [-0.4, -0.2) is 42.7 Å². The molecule has 3 heteroatoms. The molecular weight excluding hydrogens is 272 g/mol. The normalized spacial score (nSPS) is 17.5. The topological polar surface area (TPSA) is 26.7 Å². The average molecular weight is 296 g/mol. The van der Waals surface area contributed by atoms with Gasteiger partial charge in [-0.1, -0.05) is 42.5 Å². The van der Waals surface area contributed by atoms with Gasteiger partial charge in [0.25, 0.3) is 0 Å². The Balaban J connectivity index is 1.54. The first-order valence-corrected chi connectivity index (χ1v) is 7.99. The molecule has 3 rings (SSSR count). The van der Waals surface area contributed by atoms with Crippen LogP contribution < -0.4 is 4.90 Å². The van der Waals surface area contributed by atoms with Crippen molar-refractivity contribution >= 4 is 5.69 Å². The van der Waals surface area contributed by atoms with Gasteiger partial charge in [0.1, 0.15) is 0 Å². The number of benzene rings is 2. The van der Waals surface area contributed by atoms with Gasteiger partial charge < -0.3 is 10.0 Å². The number of hydrogen-bond acceptors (Lipinski definition) is 3. The Kier molecular flexibility index (Phi) is 4.76. The molecule has 22 heavy (non-hydrogen) atoms. The summed E-state index contributed by atoms with van der Waals surface area (Å²) in [6, 6.07) is 18.6. The van der Waals surface area contributed by atoms with E-state index < -0.39 is 6.10 Å². The summed E-state index contributed by atoms with van der Waals surface area (Å²) in [6.45, 7) is 6.88. The largest absolute Gasteiger partial charge is 0.387 e. The third-order valence-corrected chi connectivity index (χ3v) is 4.35. The number of anilines is 1. The van der Waals surface area contributed by atoms with Gasteiger partial charge in [-0.15, -0.1) is 0 Å². The van der Waals surface area contributed by atoms with Crippen molar-refractivity contribution in [2.75, 3.05) is 37.6 Å². The summed E-state index contributed by atoms with van der Waals surface area (Å²) in [6.07, 6.45) is -0.397. The molecule has 0 spiro atoms. The van der Waals surface area contributed by atoms with Gasteiger partial charge in [-0.2, -0.15) is 0 Å². The Bertz CT molecular complexity index is 591. The van der Waals surface area contributed by atoms with Crippen LogP contribution in [0.1, 0.15) is 17.2 Å². The number of aryl methyl sites for hydroxylation is 1. The summed E-state index contributed by atoms with van der Waals surface area (Å²) in [4.78, 5) is 4.78. The van der Waals surface area contributed by atoms with Gasteiger partial charge in [0.05, 0.1) is 6.10 Å². The molecule has 3 nitrogen and oxygen atoms in total. The van der Waals surface area contributed by atoms with Crippen molar-refractivity contribution < 1.29 is 5.11 Å². The summed E-state index contributed by atoms with van der Waals surface area (Å²) in [5, 5.41) is 10.3. The maximum Gasteiger partial charge on any atom is 0.0916 e. The van der Waals surface area contributed by atoms with Crippen molar-refractivity contribution in [3.05, 3.63) is 65.7 Å². The van der Waals surface area contributed by atoms with E-state index in [2.05, 4.69) is 41.0 Å². The maximum atomic E-state index is 10.3. The molecule has 1 fully saturated rings. The minimum absolute atomic E-state index is 0.397. The number of nitrogens with zero attached hydrogens (tertiary/aromatic N) is 2. The third-order valence-electron chi connectivity index (χ3n) is 4.35. The highest BCUT2D eigenvalue weighted by Crippen LogP contribution is 2.19. The lowest BCUT2D eigenvalue weighted by Gasteiger charge is -2.37. The SMILES string of the molecule is Cc1cccc(N2CCN(C[C@H](O)c3ccccc3)CC2)c1. The second-order valence-corrected chi connectivity index (χ2v) is 6.05. The first-order chi connectivity index (χ1) is 10.7. The molecule has 2 aromatic rings. The van der Waals surface area contributed by atoms with E-state index in [0.717, 1.165) is 31.7 Å². The zero-order valence-electron chi connectivity index (χ0n) is 13.2. The molecule has 1 atom stereocenters. The lowest BCUT2D eigenvalue weighted by Crippen LogP contribution is -2.47.